The number of carbonyl (C=O) groups is 1. The van der Waals surface area contributed by atoms with Gasteiger partial charge in [0.05, 0.1) is 0 Å². The molecule has 1 N–H and O–H groups in total. The predicted molar refractivity (Wildman–Crippen MR) is 103 cm³/mol. The van der Waals surface area contributed by atoms with E-state index in [0.717, 1.165) is 43.5 Å². The fraction of sp³-hybridized carbons (Fsp3) is 0.474. The Morgan fingerprint density at radius 3 is 2.46 bits per heavy atom. The number of hydrogen-bond acceptors (Lipinski definition) is 6. The zero-order chi connectivity index (χ0) is 18.5. The molecule has 0 spiro atoms. The molecule has 2 aromatic rings. The van der Waals surface area contributed by atoms with Crippen LogP contribution in [0.5, 0.6) is 0 Å². The topological polar surface area (TPSA) is 74.2 Å². The summed E-state index contributed by atoms with van der Waals surface area (Å²) in [6, 6.07) is 9.66. The van der Waals surface area contributed by atoms with E-state index in [4.69, 9.17) is 0 Å². The van der Waals surface area contributed by atoms with E-state index in [9.17, 15) is 4.79 Å². The van der Waals surface area contributed by atoms with Crippen LogP contribution < -0.4 is 10.2 Å². The fourth-order valence-electron chi connectivity index (χ4n) is 2.97. The van der Waals surface area contributed by atoms with E-state index in [2.05, 4.69) is 39.2 Å². The first-order valence-electron chi connectivity index (χ1n) is 9.08. The summed E-state index contributed by atoms with van der Waals surface area (Å²) in [5.41, 5.74) is 0.949. The van der Waals surface area contributed by atoms with E-state index in [1.54, 1.807) is 0 Å². The minimum absolute atomic E-state index is 0.246. The summed E-state index contributed by atoms with van der Waals surface area (Å²) in [5.74, 6) is 2.90. The third-order valence-electron chi connectivity index (χ3n) is 4.33. The highest BCUT2D eigenvalue weighted by atomic mass is 16.2. The standard InChI is InChI=1S/C19H26N6O/c1-14(2)13-19(26)25-11-9-24(10-12-25)18-8-7-17(22-23-18)21-16-6-4-5-15(3)20-16/h4-8,14H,9-13H2,1-3H3,(H,20,21,22). The molecule has 0 atom stereocenters. The number of piperazine rings is 1. The van der Waals surface area contributed by atoms with Crippen molar-refractivity contribution in [2.24, 2.45) is 5.92 Å². The molecule has 1 aliphatic heterocycles. The maximum Gasteiger partial charge on any atom is 0.222 e. The molecule has 7 nitrogen and oxygen atoms in total. The zero-order valence-corrected chi connectivity index (χ0v) is 15.6. The van der Waals surface area contributed by atoms with Gasteiger partial charge in [-0.2, -0.15) is 0 Å². The number of anilines is 3. The molecule has 2 aromatic heterocycles. The van der Waals surface area contributed by atoms with E-state index in [0.29, 0.717) is 18.2 Å². The van der Waals surface area contributed by atoms with Crippen LogP contribution in [0.1, 0.15) is 26.0 Å². The predicted octanol–water partition coefficient (Wildman–Crippen LogP) is 2.62. The van der Waals surface area contributed by atoms with Crippen LogP contribution in [-0.4, -0.2) is 52.2 Å². The molecule has 138 valence electrons. The van der Waals surface area contributed by atoms with Crippen molar-refractivity contribution in [1.29, 1.82) is 0 Å². The number of nitrogens with zero attached hydrogens (tertiary/aromatic N) is 5. The average Bonchev–Trinajstić information content (AvgIpc) is 2.62. The number of nitrogens with one attached hydrogen (secondary N) is 1. The molecule has 0 aliphatic carbocycles. The smallest absolute Gasteiger partial charge is 0.222 e. The highest BCUT2D eigenvalue weighted by Crippen LogP contribution is 2.17. The molecule has 0 radical (unpaired) electrons. The van der Waals surface area contributed by atoms with Crippen molar-refractivity contribution in [2.75, 3.05) is 36.4 Å². The number of pyridine rings is 1. The van der Waals surface area contributed by atoms with Gasteiger partial charge in [-0.25, -0.2) is 4.98 Å². The lowest BCUT2D eigenvalue weighted by Crippen LogP contribution is -2.49. The van der Waals surface area contributed by atoms with Crippen LogP contribution in [0.15, 0.2) is 30.3 Å². The second kappa shape index (κ2) is 8.12. The van der Waals surface area contributed by atoms with Crippen LogP contribution in [0.3, 0.4) is 0 Å². The lowest BCUT2D eigenvalue weighted by Gasteiger charge is -2.35. The van der Waals surface area contributed by atoms with Gasteiger partial charge in [0, 0.05) is 38.3 Å². The highest BCUT2D eigenvalue weighted by Gasteiger charge is 2.22. The van der Waals surface area contributed by atoms with E-state index in [1.165, 1.54) is 0 Å². The maximum absolute atomic E-state index is 12.2. The van der Waals surface area contributed by atoms with Gasteiger partial charge < -0.3 is 15.1 Å². The normalized spacial score (nSPS) is 14.6. The van der Waals surface area contributed by atoms with Gasteiger partial charge in [0.15, 0.2) is 11.6 Å². The second-order valence-electron chi connectivity index (χ2n) is 7.03. The summed E-state index contributed by atoms with van der Waals surface area (Å²) in [6.45, 7) is 9.14. The molecular weight excluding hydrogens is 328 g/mol. The summed E-state index contributed by atoms with van der Waals surface area (Å²) in [5, 5.41) is 11.7. The summed E-state index contributed by atoms with van der Waals surface area (Å²) in [6.07, 6.45) is 0.618. The molecule has 0 unspecified atom stereocenters. The Morgan fingerprint density at radius 2 is 1.85 bits per heavy atom. The van der Waals surface area contributed by atoms with E-state index < -0.39 is 0 Å². The van der Waals surface area contributed by atoms with Gasteiger partial charge in [0.2, 0.25) is 5.91 Å². The van der Waals surface area contributed by atoms with Crippen LogP contribution in [0.25, 0.3) is 0 Å². The van der Waals surface area contributed by atoms with Gasteiger partial charge in [-0.1, -0.05) is 19.9 Å². The van der Waals surface area contributed by atoms with Crippen LogP contribution in [-0.2, 0) is 4.79 Å². The van der Waals surface area contributed by atoms with Gasteiger partial charge in [-0.15, -0.1) is 10.2 Å². The van der Waals surface area contributed by atoms with E-state index in [1.807, 2.05) is 42.2 Å². The van der Waals surface area contributed by atoms with Gasteiger partial charge in [0.25, 0.3) is 0 Å². The molecule has 0 saturated carbocycles. The summed E-state index contributed by atoms with van der Waals surface area (Å²) >= 11 is 0. The van der Waals surface area contributed by atoms with Gasteiger partial charge in [0.1, 0.15) is 5.82 Å². The first-order valence-corrected chi connectivity index (χ1v) is 9.08. The van der Waals surface area contributed by atoms with Crippen molar-refractivity contribution in [3.63, 3.8) is 0 Å². The van der Waals surface area contributed by atoms with Crippen molar-refractivity contribution >= 4 is 23.4 Å². The molecule has 0 bridgehead atoms. The van der Waals surface area contributed by atoms with E-state index in [-0.39, 0.29) is 5.91 Å². The third kappa shape index (κ3) is 4.68. The van der Waals surface area contributed by atoms with Crippen molar-refractivity contribution < 1.29 is 4.79 Å². The molecule has 3 rings (SSSR count). The number of amides is 1. The zero-order valence-electron chi connectivity index (χ0n) is 15.6. The Labute approximate surface area is 154 Å². The number of hydrogen-bond donors (Lipinski definition) is 1. The number of aryl methyl sites for hydroxylation is 1. The van der Waals surface area contributed by atoms with Crippen LogP contribution in [0, 0.1) is 12.8 Å². The monoisotopic (exact) mass is 354 g/mol. The van der Waals surface area contributed by atoms with Crippen molar-refractivity contribution in [1.82, 2.24) is 20.1 Å². The Balaban J connectivity index is 1.55. The lowest BCUT2D eigenvalue weighted by atomic mass is 10.1. The van der Waals surface area contributed by atoms with Crippen molar-refractivity contribution in [2.45, 2.75) is 27.2 Å². The van der Waals surface area contributed by atoms with Crippen LogP contribution >= 0.6 is 0 Å². The van der Waals surface area contributed by atoms with Gasteiger partial charge in [-0.05, 0) is 37.1 Å². The van der Waals surface area contributed by atoms with E-state index >= 15 is 0 Å². The highest BCUT2D eigenvalue weighted by molar-refractivity contribution is 5.76. The summed E-state index contributed by atoms with van der Waals surface area (Å²) in [4.78, 5) is 20.7. The summed E-state index contributed by atoms with van der Waals surface area (Å²) in [7, 11) is 0. The molecule has 1 fully saturated rings. The minimum atomic E-state index is 0.246. The van der Waals surface area contributed by atoms with Gasteiger partial charge in [-0.3, -0.25) is 4.79 Å². The molecule has 1 aliphatic rings. The van der Waals surface area contributed by atoms with Crippen molar-refractivity contribution in [3.8, 4) is 0 Å². The minimum Gasteiger partial charge on any atom is -0.352 e. The number of rotatable bonds is 5. The quantitative estimate of drug-likeness (QED) is 0.890. The van der Waals surface area contributed by atoms with Gasteiger partial charge >= 0.3 is 0 Å². The maximum atomic E-state index is 12.2. The fourth-order valence-corrected chi connectivity index (χ4v) is 2.97. The molecule has 26 heavy (non-hydrogen) atoms. The molecule has 0 aromatic carbocycles. The molecule has 1 saturated heterocycles. The molecule has 3 heterocycles. The Kier molecular flexibility index (Phi) is 5.65. The average molecular weight is 354 g/mol. The Morgan fingerprint density at radius 1 is 1.08 bits per heavy atom. The lowest BCUT2D eigenvalue weighted by molar-refractivity contribution is -0.132. The van der Waals surface area contributed by atoms with Crippen molar-refractivity contribution in [3.05, 3.63) is 36.0 Å². The third-order valence-corrected chi connectivity index (χ3v) is 4.33. The Bertz CT molecular complexity index is 738. The van der Waals surface area contributed by atoms with Crippen LogP contribution in [0.2, 0.25) is 0 Å². The SMILES string of the molecule is Cc1cccc(Nc2ccc(N3CCN(C(=O)CC(C)C)CC3)nn2)n1. The number of aromatic nitrogens is 3. The summed E-state index contributed by atoms with van der Waals surface area (Å²) < 4.78 is 0. The van der Waals surface area contributed by atoms with Crippen LogP contribution in [0.4, 0.5) is 17.5 Å². The first-order chi connectivity index (χ1) is 12.5. The second-order valence-corrected chi connectivity index (χ2v) is 7.03. The molecular formula is C19H26N6O. The number of carbonyl (C=O) groups excluding carboxylic acids is 1. The first kappa shape index (κ1) is 18.1. The molecule has 1 amide bonds. The molecule has 7 heteroatoms. The largest absolute Gasteiger partial charge is 0.352 e. The Hall–Kier alpha value is -2.70.